The van der Waals surface area contributed by atoms with Gasteiger partial charge in [0.1, 0.15) is 5.58 Å². The number of methoxy groups -OCH3 is 3. The van der Waals surface area contributed by atoms with E-state index in [-0.39, 0.29) is 17.1 Å². The van der Waals surface area contributed by atoms with Crippen molar-refractivity contribution in [3.05, 3.63) is 69.6 Å². The quantitative estimate of drug-likeness (QED) is 0.557. The van der Waals surface area contributed by atoms with Crippen molar-refractivity contribution in [1.29, 1.82) is 0 Å². The highest BCUT2D eigenvalue weighted by Gasteiger charge is 2.42. The lowest BCUT2D eigenvalue weighted by molar-refractivity contribution is 0.0707. The monoisotopic (exact) mass is 409 g/mol. The number of ether oxygens (including phenoxy) is 3. The van der Waals surface area contributed by atoms with Crippen molar-refractivity contribution >= 4 is 16.9 Å². The highest BCUT2D eigenvalue weighted by Crippen LogP contribution is 2.40. The number of hydrogen-bond acceptors (Lipinski definition) is 6. The summed E-state index contributed by atoms with van der Waals surface area (Å²) in [4.78, 5) is 28.3. The second kappa shape index (κ2) is 8.20. The molecule has 0 N–H and O–H groups in total. The van der Waals surface area contributed by atoms with Gasteiger partial charge in [0.2, 0.25) is 5.76 Å². The molecule has 1 atom stereocenters. The summed E-state index contributed by atoms with van der Waals surface area (Å²) in [5.41, 5.74) is 1.30. The molecule has 0 aliphatic carbocycles. The summed E-state index contributed by atoms with van der Waals surface area (Å²) in [6, 6.07) is 11.8. The fourth-order valence-electron chi connectivity index (χ4n) is 3.95. The molecular weight excluding hydrogens is 386 g/mol. The van der Waals surface area contributed by atoms with Crippen molar-refractivity contribution in [3.63, 3.8) is 0 Å². The average Bonchev–Trinajstić information content (AvgIpc) is 3.05. The average molecular weight is 409 g/mol. The topological polar surface area (TPSA) is 78.2 Å². The van der Waals surface area contributed by atoms with Gasteiger partial charge in [-0.15, -0.1) is 0 Å². The van der Waals surface area contributed by atoms with Gasteiger partial charge in [0, 0.05) is 20.3 Å². The van der Waals surface area contributed by atoms with Gasteiger partial charge in [-0.1, -0.05) is 18.2 Å². The molecule has 1 aliphatic rings. The van der Waals surface area contributed by atoms with E-state index in [1.807, 2.05) is 6.07 Å². The van der Waals surface area contributed by atoms with Crippen molar-refractivity contribution < 1.29 is 23.4 Å². The molecule has 2 aromatic carbocycles. The molecule has 7 heteroatoms. The lowest BCUT2D eigenvalue weighted by Gasteiger charge is -2.25. The van der Waals surface area contributed by atoms with Gasteiger partial charge >= 0.3 is 0 Å². The Labute approximate surface area is 173 Å². The first-order chi connectivity index (χ1) is 14.6. The molecule has 0 unspecified atom stereocenters. The minimum Gasteiger partial charge on any atom is -0.493 e. The van der Waals surface area contributed by atoms with E-state index < -0.39 is 6.04 Å². The van der Waals surface area contributed by atoms with E-state index in [1.165, 1.54) is 0 Å². The van der Waals surface area contributed by atoms with Gasteiger partial charge in [-0.3, -0.25) is 9.59 Å². The van der Waals surface area contributed by atoms with Crippen molar-refractivity contribution in [1.82, 2.24) is 4.90 Å². The Morgan fingerprint density at radius 2 is 1.77 bits per heavy atom. The molecule has 0 saturated heterocycles. The highest BCUT2D eigenvalue weighted by atomic mass is 16.5. The summed E-state index contributed by atoms with van der Waals surface area (Å²) >= 11 is 0. The van der Waals surface area contributed by atoms with Crippen LogP contribution in [0, 0.1) is 0 Å². The third kappa shape index (κ3) is 3.21. The number of rotatable bonds is 7. The number of nitrogens with zero attached hydrogens (tertiary/aromatic N) is 1. The molecule has 2 heterocycles. The van der Waals surface area contributed by atoms with Crippen LogP contribution in [0.5, 0.6) is 11.5 Å². The van der Waals surface area contributed by atoms with Crippen molar-refractivity contribution in [2.24, 2.45) is 0 Å². The van der Waals surface area contributed by atoms with Crippen LogP contribution in [0.3, 0.4) is 0 Å². The van der Waals surface area contributed by atoms with Crippen molar-refractivity contribution in [2.45, 2.75) is 12.5 Å². The molecule has 1 aromatic heterocycles. The lowest BCUT2D eigenvalue weighted by atomic mass is 9.98. The van der Waals surface area contributed by atoms with Gasteiger partial charge in [0.25, 0.3) is 5.91 Å². The highest BCUT2D eigenvalue weighted by molar-refractivity contribution is 5.99. The van der Waals surface area contributed by atoms with Crippen LogP contribution in [0.25, 0.3) is 11.0 Å². The van der Waals surface area contributed by atoms with Crippen LogP contribution in [-0.2, 0) is 4.74 Å². The zero-order valence-electron chi connectivity index (χ0n) is 17.1. The lowest BCUT2D eigenvalue weighted by Crippen LogP contribution is -2.31. The Bertz CT molecular complexity index is 1150. The first-order valence-corrected chi connectivity index (χ1v) is 9.68. The minimum absolute atomic E-state index is 0.0934. The van der Waals surface area contributed by atoms with E-state index in [4.69, 9.17) is 18.6 Å². The maximum Gasteiger partial charge on any atom is 0.290 e. The van der Waals surface area contributed by atoms with Crippen LogP contribution < -0.4 is 14.9 Å². The molecule has 0 bridgehead atoms. The summed E-state index contributed by atoms with van der Waals surface area (Å²) in [7, 11) is 4.72. The molecule has 4 rings (SSSR count). The van der Waals surface area contributed by atoms with Crippen LogP contribution in [0.4, 0.5) is 0 Å². The first-order valence-electron chi connectivity index (χ1n) is 9.68. The largest absolute Gasteiger partial charge is 0.493 e. The molecule has 0 spiro atoms. The van der Waals surface area contributed by atoms with Gasteiger partial charge in [-0.05, 0) is 36.2 Å². The van der Waals surface area contributed by atoms with Crippen LogP contribution in [0.15, 0.2) is 51.7 Å². The van der Waals surface area contributed by atoms with E-state index in [0.29, 0.717) is 47.6 Å². The molecule has 156 valence electrons. The van der Waals surface area contributed by atoms with Crippen LogP contribution >= 0.6 is 0 Å². The molecule has 0 fully saturated rings. The molecular formula is C23H23NO6. The molecule has 0 radical (unpaired) electrons. The third-order valence-electron chi connectivity index (χ3n) is 5.34. The Kier molecular flexibility index (Phi) is 5.46. The smallest absolute Gasteiger partial charge is 0.290 e. The van der Waals surface area contributed by atoms with Gasteiger partial charge < -0.3 is 23.5 Å². The number of benzene rings is 2. The zero-order chi connectivity index (χ0) is 21.3. The SMILES string of the molecule is COCCCN1C(=O)c2oc3ccccc3c(=O)c2[C@@H]1c1ccc(OC)c(OC)c1. The fraction of sp³-hybridized carbons (Fsp3) is 0.304. The number of hydrogen-bond donors (Lipinski definition) is 0. The van der Waals surface area contributed by atoms with E-state index in [1.54, 1.807) is 62.6 Å². The van der Waals surface area contributed by atoms with Gasteiger partial charge in [0.05, 0.1) is 31.2 Å². The zero-order valence-corrected chi connectivity index (χ0v) is 17.1. The van der Waals surface area contributed by atoms with Crippen LogP contribution in [0.2, 0.25) is 0 Å². The number of carbonyl (C=O) groups is 1. The molecule has 1 amide bonds. The van der Waals surface area contributed by atoms with E-state index in [0.717, 1.165) is 5.56 Å². The summed E-state index contributed by atoms with van der Waals surface area (Å²) in [5.74, 6) is 0.889. The summed E-state index contributed by atoms with van der Waals surface area (Å²) in [5, 5.41) is 0.452. The van der Waals surface area contributed by atoms with E-state index >= 15 is 0 Å². The fourth-order valence-corrected chi connectivity index (χ4v) is 3.95. The molecule has 0 saturated carbocycles. The predicted octanol–water partition coefficient (Wildman–Crippen LogP) is 3.39. The predicted molar refractivity (Wildman–Crippen MR) is 111 cm³/mol. The molecule has 3 aromatic rings. The first kappa shape index (κ1) is 20.0. The van der Waals surface area contributed by atoms with Crippen LogP contribution in [0.1, 0.15) is 34.1 Å². The Morgan fingerprint density at radius 3 is 2.50 bits per heavy atom. The maximum absolute atomic E-state index is 13.4. The minimum atomic E-state index is -0.579. The number of amides is 1. The van der Waals surface area contributed by atoms with Crippen molar-refractivity contribution in [3.8, 4) is 11.5 Å². The Balaban J connectivity index is 1.91. The second-order valence-electron chi connectivity index (χ2n) is 7.03. The van der Waals surface area contributed by atoms with Gasteiger partial charge in [0.15, 0.2) is 16.9 Å². The normalized spacial score (nSPS) is 15.5. The Hall–Kier alpha value is -3.32. The number of para-hydroxylation sites is 1. The molecule has 30 heavy (non-hydrogen) atoms. The molecule has 7 nitrogen and oxygen atoms in total. The standard InChI is InChI=1S/C23H23NO6/c1-27-12-6-11-24-20(14-9-10-17(28-2)18(13-14)29-3)19-21(25)15-7-4-5-8-16(15)30-22(19)23(24)26/h4-5,7-10,13,20H,6,11-12H2,1-3H3/t20-/m0/s1. The summed E-state index contributed by atoms with van der Waals surface area (Å²) < 4.78 is 21.8. The van der Waals surface area contributed by atoms with Crippen molar-refractivity contribution in [2.75, 3.05) is 34.5 Å². The van der Waals surface area contributed by atoms with Gasteiger partial charge in [-0.2, -0.15) is 0 Å². The summed E-state index contributed by atoms with van der Waals surface area (Å²) in [6.45, 7) is 0.924. The number of carbonyl (C=O) groups excluding carboxylic acids is 1. The van der Waals surface area contributed by atoms with E-state index in [2.05, 4.69) is 0 Å². The number of fused-ring (bicyclic) bond motifs is 2. The second-order valence-corrected chi connectivity index (χ2v) is 7.03. The van der Waals surface area contributed by atoms with Gasteiger partial charge in [-0.25, -0.2) is 0 Å². The molecule has 1 aliphatic heterocycles. The third-order valence-corrected chi connectivity index (χ3v) is 5.34. The Morgan fingerprint density at radius 1 is 1.00 bits per heavy atom. The maximum atomic E-state index is 13.4. The van der Waals surface area contributed by atoms with Crippen LogP contribution in [-0.4, -0.2) is 45.3 Å². The van der Waals surface area contributed by atoms with E-state index in [9.17, 15) is 9.59 Å². The summed E-state index contributed by atoms with van der Waals surface area (Å²) in [6.07, 6.45) is 0.633.